The first-order chi connectivity index (χ1) is 5.99. The lowest BCUT2D eigenvalue weighted by atomic mass is 10.2. The standard InChI is InChI=1S/C7H11N3O2S/c1-10-6-2-3-13(11,12)4-5(6)7(8)9-10/h2-4H2,1H3,(H2,8,9). The molecule has 6 heteroatoms. The zero-order chi connectivity index (χ0) is 9.64. The summed E-state index contributed by atoms with van der Waals surface area (Å²) in [5.74, 6) is 0.599. The minimum absolute atomic E-state index is 0.0437. The number of aromatic nitrogens is 2. The van der Waals surface area contributed by atoms with Gasteiger partial charge in [-0.2, -0.15) is 5.10 Å². The second-order valence-corrected chi connectivity index (χ2v) is 5.46. The normalized spacial score (nSPS) is 19.8. The fourth-order valence-corrected chi connectivity index (χ4v) is 3.04. The van der Waals surface area contributed by atoms with Gasteiger partial charge >= 0.3 is 0 Å². The molecular formula is C7H11N3O2S. The predicted octanol–water partition coefficient (Wildman–Crippen LogP) is -0.527. The molecule has 0 atom stereocenters. The first kappa shape index (κ1) is 8.55. The van der Waals surface area contributed by atoms with E-state index in [9.17, 15) is 8.42 Å². The van der Waals surface area contributed by atoms with Crippen LogP contribution in [0.2, 0.25) is 0 Å². The average Bonchev–Trinajstić information content (AvgIpc) is 2.26. The highest BCUT2D eigenvalue weighted by Gasteiger charge is 2.26. The van der Waals surface area contributed by atoms with Crippen LogP contribution in [0, 0.1) is 0 Å². The molecule has 13 heavy (non-hydrogen) atoms. The van der Waals surface area contributed by atoms with Gasteiger partial charge in [-0.3, -0.25) is 4.68 Å². The smallest absolute Gasteiger partial charge is 0.155 e. The molecule has 0 saturated heterocycles. The van der Waals surface area contributed by atoms with Crippen molar-refractivity contribution in [2.75, 3.05) is 11.5 Å². The maximum atomic E-state index is 11.3. The molecule has 0 bridgehead atoms. The second-order valence-electron chi connectivity index (χ2n) is 3.28. The van der Waals surface area contributed by atoms with Crippen LogP contribution in [0.15, 0.2) is 0 Å². The first-order valence-electron chi connectivity index (χ1n) is 4.00. The van der Waals surface area contributed by atoms with Gasteiger partial charge in [-0.05, 0) is 0 Å². The van der Waals surface area contributed by atoms with Crippen LogP contribution in [0.3, 0.4) is 0 Å². The van der Waals surface area contributed by atoms with Crippen molar-refractivity contribution >= 4 is 15.7 Å². The number of fused-ring (bicyclic) bond motifs is 1. The van der Waals surface area contributed by atoms with E-state index in [-0.39, 0.29) is 11.5 Å². The number of hydrogen-bond donors (Lipinski definition) is 1. The molecule has 0 amide bonds. The van der Waals surface area contributed by atoms with Gasteiger partial charge in [0.2, 0.25) is 0 Å². The highest BCUT2D eigenvalue weighted by atomic mass is 32.2. The van der Waals surface area contributed by atoms with Crippen LogP contribution in [0.25, 0.3) is 0 Å². The molecule has 5 nitrogen and oxygen atoms in total. The van der Waals surface area contributed by atoms with Crippen molar-refractivity contribution in [3.05, 3.63) is 11.3 Å². The lowest BCUT2D eigenvalue weighted by molar-refractivity contribution is 0.589. The van der Waals surface area contributed by atoms with Crippen molar-refractivity contribution in [3.63, 3.8) is 0 Å². The minimum Gasteiger partial charge on any atom is -0.382 e. The molecule has 0 aliphatic carbocycles. The van der Waals surface area contributed by atoms with E-state index >= 15 is 0 Å². The third-order valence-corrected chi connectivity index (χ3v) is 3.87. The predicted molar refractivity (Wildman–Crippen MR) is 48.8 cm³/mol. The Morgan fingerprint density at radius 1 is 1.54 bits per heavy atom. The number of nitrogens with two attached hydrogens (primary N) is 1. The van der Waals surface area contributed by atoms with E-state index in [1.165, 1.54) is 0 Å². The summed E-state index contributed by atoms with van der Waals surface area (Å²) in [7, 11) is -1.15. The van der Waals surface area contributed by atoms with Gasteiger partial charge in [-0.1, -0.05) is 0 Å². The zero-order valence-corrected chi connectivity index (χ0v) is 8.13. The molecule has 0 spiro atoms. The molecule has 0 saturated carbocycles. The van der Waals surface area contributed by atoms with Crippen LogP contribution in [0.5, 0.6) is 0 Å². The lowest BCUT2D eigenvalue weighted by Crippen LogP contribution is -2.20. The number of sulfone groups is 1. The molecule has 1 aliphatic rings. The third kappa shape index (κ3) is 1.31. The molecular weight excluding hydrogens is 190 g/mol. The molecule has 0 aromatic carbocycles. The van der Waals surface area contributed by atoms with Crippen LogP contribution < -0.4 is 5.73 Å². The molecule has 1 aromatic heterocycles. The first-order valence-corrected chi connectivity index (χ1v) is 5.82. The van der Waals surface area contributed by atoms with E-state index in [2.05, 4.69) is 5.10 Å². The van der Waals surface area contributed by atoms with E-state index in [0.29, 0.717) is 17.8 Å². The Labute approximate surface area is 76.5 Å². The van der Waals surface area contributed by atoms with Gasteiger partial charge in [0.15, 0.2) is 9.84 Å². The molecule has 0 unspecified atom stereocenters. The molecule has 2 heterocycles. The number of anilines is 1. The minimum atomic E-state index is -2.94. The van der Waals surface area contributed by atoms with Crippen molar-refractivity contribution in [2.45, 2.75) is 12.2 Å². The summed E-state index contributed by atoms with van der Waals surface area (Å²) in [6.45, 7) is 0. The van der Waals surface area contributed by atoms with Gasteiger partial charge < -0.3 is 5.73 Å². The van der Waals surface area contributed by atoms with Crippen LogP contribution >= 0.6 is 0 Å². The van der Waals surface area contributed by atoms with Crippen molar-refractivity contribution < 1.29 is 8.42 Å². The van der Waals surface area contributed by atoms with E-state index in [0.717, 1.165) is 5.69 Å². The molecule has 0 radical (unpaired) electrons. The number of rotatable bonds is 0. The number of hydrogen-bond acceptors (Lipinski definition) is 4. The zero-order valence-electron chi connectivity index (χ0n) is 7.32. The Morgan fingerprint density at radius 2 is 2.23 bits per heavy atom. The second kappa shape index (κ2) is 2.47. The average molecular weight is 201 g/mol. The summed E-state index contributed by atoms with van der Waals surface area (Å²) in [6.07, 6.45) is 0.526. The topological polar surface area (TPSA) is 78.0 Å². The van der Waals surface area contributed by atoms with E-state index in [1.54, 1.807) is 11.7 Å². The van der Waals surface area contributed by atoms with Gasteiger partial charge in [0.1, 0.15) is 5.82 Å². The highest BCUT2D eigenvalue weighted by molar-refractivity contribution is 7.90. The van der Waals surface area contributed by atoms with Crippen LogP contribution in [-0.4, -0.2) is 24.0 Å². The molecule has 0 fully saturated rings. The Hall–Kier alpha value is -1.04. The van der Waals surface area contributed by atoms with E-state index in [4.69, 9.17) is 5.73 Å². The summed E-state index contributed by atoms with van der Waals surface area (Å²) in [4.78, 5) is 0. The Balaban J connectivity index is 2.57. The molecule has 1 aliphatic heterocycles. The SMILES string of the molecule is Cn1nc(N)c2c1CCS(=O)(=O)C2. The summed E-state index contributed by atoms with van der Waals surface area (Å²) in [5.41, 5.74) is 7.23. The van der Waals surface area contributed by atoms with Crippen molar-refractivity contribution in [1.29, 1.82) is 0 Å². The maximum Gasteiger partial charge on any atom is 0.155 e. The quantitative estimate of drug-likeness (QED) is 0.612. The molecule has 72 valence electrons. The number of nitrogens with zero attached hydrogens (tertiary/aromatic N) is 2. The molecule has 1 aromatic rings. The summed E-state index contributed by atoms with van der Waals surface area (Å²) in [5, 5.41) is 3.99. The monoisotopic (exact) mass is 201 g/mol. The Morgan fingerprint density at radius 3 is 2.92 bits per heavy atom. The largest absolute Gasteiger partial charge is 0.382 e. The number of aryl methyl sites for hydroxylation is 1. The van der Waals surface area contributed by atoms with Crippen LogP contribution in [0.1, 0.15) is 11.3 Å². The van der Waals surface area contributed by atoms with Crippen LogP contribution in [-0.2, 0) is 29.1 Å². The third-order valence-electron chi connectivity index (χ3n) is 2.32. The van der Waals surface area contributed by atoms with Crippen molar-refractivity contribution in [1.82, 2.24) is 9.78 Å². The highest BCUT2D eigenvalue weighted by Crippen LogP contribution is 2.24. The fraction of sp³-hybridized carbons (Fsp3) is 0.571. The summed E-state index contributed by atoms with van der Waals surface area (Å²) in [6, 6.07) is 0. The molecule has 2 rings (SSSR count). The maximum absolute atomic E-state index is 11.3. The van der Waals surface area contributed by atoms with Gasteiger partial charge in [0.25, 0.3) is 0 Å². The molecule has 2 N–H and O–H groups in total. The van der Waals surface area contributed by atoms with E-state index in [1.807, 2.05) is 0 Å². The number of nitrogen functional groups attached to an aromatic ring is 1. The van der Waals surface area contributed by atoms with E-state index < -0.39 is 9.84 Å². The van der Waals surface area contributed by atoms with Gasteiger partial charge in [-0.25, -0.2) is 8.42 Å². The van der Waals surface area contributed by atoms with Gasteiger partial charge in [-0.15, -0.1) is 0 Å². The van der Waals surface area contributed by atoms with Crippen LogP contribution in [0.4, 0.5) is 5.82 Å². The van der Waals surface area contributed by atoms with Gasteiger partial charge in [0.05, 0.1) is 11.5 Å². The fourth-order valence-electron chi connectivity index (χ4n) is 1.64. The summed E-state index contributed by atoms with van der Waals surface area (Å²) >= 11 is 0. The summed E-state index contributed by atoms with van der Waals surface area (Å²) < 4.78 is 24.2. The Kier molecular flexibility index (Phi) is 1.63. The van der Waals surface area contributed by atoms with Gasteiger partial charge in [0, 0.05) is 24.7 Å². The lowest BCUT2D eigenvalue weighted by Gasteiger charge is -2.12. The van der Waals surface area contributed by atoms with Crippen molar-refractivity contribution in [2.24, 2.45) is 7.05 Å². The van der Waals surface area contributed by atoms with Crippen molar-refractivity contribution in [3.8, 4) is 0 Å². The Bertz CT molecular complexity index is 447.